The van der Waals surface area contributed by atoms with Crippen LogP contribution in [0.4, 0.5) is 0 Å². The number of hydrogen-bond donors (Lipinski definition) is 1. The van der Waals surface area contributed by atoms with Crippen molar-refractivity contribution in [3.05, 3.63) is 34.9 Å². The summed E-state index contributed by atoms with van der Waals surface area (Å²) in [6.07, 6.45) is 0.563. The van der Waals surface area contributed by atoms with Gasteiger partial charge in [-0.1, -0.05) is 18.2 Å². The summed E-state index contributed by atoms with van der Waals surface area (Å²) < 4.78 is 0. The first-order valence-electron chi connectivity index (χ1n) is 6.93. The normalized spacial score (nSPS) is 10.7. The molecule has 0 spiro atoms. The zero-order valence-electron chi connectivity index (χ0n) is 12.6. The van der Waals surface area contributed by atoms with Gasteiger partial charge in [0.05, 0.1) is 0 Å². The van der Waals surface area contributed by atoms with Crippen LogP contribution in [-0.2, 0) is 4.79 Å². The molecule has 20 heavy (non-hydrogen) atoms. The summed E-state index contributed by atoms with van der Waals surface area (Å²) in [7, 11) is 0. The summed E-state index contributed by atoms with van der Waals surface area (Å²) >= 11 is 0. The minimum absolute atomic E-state index is 0.0130. The molecule has 0 aliphatic heterocycles. The van der Waals surface area contributed by atoms with Gasteiger partial charge in [-0.25, -0.2) is 0 Å². The van der Waals surface area contributed by atoms with E-state index in [2.05, 4.69) is 0 Å². The third-order valence-corrected chi connectivity index (χ3v) is 3.37. The summed E-state index contributed by atoms with van der Waals surface area (Å²) in [5.74, 6) is -0.839. The van der Waals surface area contributed by atoms with Crippen LogP contribution < -0.4 is 0 Å². The molecular weight excluding hydrogens is 254 g/mol. The molecule has 1 aromatic rings. The second kappa shape index (κ2) is 7.08. The first kappa shape index (κ1) is 16.2. The van der Waals surface area contributed by atoms with Gasteiger partial charge in [-0.05, 0) is 45.2 Å². The number of carbonyl (C=O) groups excluding carboxylic acids is 1. The molecule has 1 aromatic carbocycles. The Labute approximate surface area is 120 Å². The lowest BCUT2D eigenvalue weighted by Crippen LogP contribution is -2.38. The summed E-state index contributed by atoms with van der Waals surface area (Å²) in [5, 5.41) is 8.71. The van der Waals surface area contributed by atoms with Crippen molar-refractivity contribution < 1.29 is 14.7 Å². The predicted octanol–water partition coefficient (Wildman–Crippen LogP) is 3.02. The highest BCUT2D eigenvalue weighted by atomic mass is 16.4. The van der Waals surface area contributed by atoms with E-state index in [1.165, 1.54) is 0 Å². The Hall–Kier alpha value is -1.84. The number of nitrogens with zero attached hydrogens (tertiary/aromatic N) is 1. The third-order valence-electron chi connectivity index (χ3n) is 3.37. The van der Waals surface area contributed by atoms with E-state index in [0.717, 1.165) is 16.7 Å². The van der Waals surface area contributed by atoms with E-state index in [9.17, 15) is 9.59 Å². The standard InChI is InChI=1S/C16H23NO3/c1-11(2)17(10-6-9-14(18)19)16(20)15-12(3)7-5-8-13(15)4/h5,7-8,11H,6,9-10H2,1-4H3,(H,18,19). The molecule has 0 saturated heterocycles. The summed E-state index contributed by atoms with van der Waals surface area (Å²) in [6, 6.07) is 5.84. The van der Waals surface area contributed by atoms with Crippen molar-refractivity contribution >= 4 is 11.9 Å². The minimum atomic E-state index is -0.826. The van der Waals surface area contributed by atoms with Gasteiger partial charge in [0.1, 0.15) is 0 Å². The van der Waals surface area contributed by atoms with Crippen LogP contribution in [0.15, 0.2) is 18.2 Å². The van der Waals surface area contributed by atoms with Crippen LogP contribution in [0.5, 0.6) is 0 Å². The van der Waals surface area contributed by atoms with Crippen molar-refractivity contribution in [2.75, 3.05) is 6.54 Å². The van der Waals surface area contributed by atoms with Gasteiger partial charge in [0.2, 0.25) is 0 Å². The predicted molar refractivity (Wildman–Crippen MR) is 79.0 cm³/mol. The van der Waals surface area contributed by atoms with Gasteiger partial charge in [-0.15, -0.1) is 0 Å². The molecule has 4 heteroatoms. The first-order valence-corrected chi connectivity index (χ1v) is 6.93. The molecule has 1 amide bonds. The molecule has 0 aliphatic carbocycles. The highest BCUT2D eigenvalue weighted by Gasteiger charge is 2.21. The van der Waals surface area contributed by atoms with E-state index >= 15 is 0 Å². The molecule has 0 aromatic heterocycles. The van der Waals surface area contributed by atoms with Crippen molar-refractivity contribution in [1.82, 2.24) is 4.90 Å². The number of rotatable bonds is 6. The van der Waals surface area contributed by atoms with Crippen LogP contribution in [0.2, 0.25) is 0 Å². The van der Waals surface area contributed by atoms with Crippen LogP contribution in [-0.4, -0.2) is 34.5 Å². The fourth-order valence-electron chi connectivity index (χ4n) is 2.29. The maximum absolute atomic E-state index is 12.7. The molecular formula is C16H23NO3. The highest BCUT2D eigenvalue weighted by Crippen LogP contribution is 2.17. The molecule has 0 fully saturated rings. The molecule has 0 aliphatic rings. The Kier molecular flexibility index (Phi) is 5.74. The Bertz CT molecular complexity index is 474. The molecule has 1 N–H and O–H groups in total. The smallest absolute Gasteiger partial charge is 0.303 e. The average molecular weight is 277 g/mol. The van der Waals surface area contributed by atoms with Crippen LogP contribution in [0.1, 0.15) is 48.2 Å². The van der Waals surface area contributed by atoms with E-state index in [1.807, 2.05) is 45.9 Å². The molecule has 0 atom stereocenters. The Morgan fingerprint density at radius 1 is 1.20 bits per heavy atom. The average Bonchev–Trinajstić information content (AvgIpc) is 2.33. The van der Waals surface area contributed by atoms with Gasteiger partial charge in [0.25, 0.3) is 5.91 Å². The van der Waals surface area contributed by atoms with Crippen molar-refractivity contribution in [3.8, 4) is 0 Å². The topological polar surface area (TPSA) is 57.6 Å². The Morgan fingerprint density at radius 2 is 1.75 bits per heavy atom. The number of aryl methyl sites for hydroxylation is 2. The number of amides is 1. The number of carbonyl (C=O) groups is 2. The largest absolute Gasteiger partial charge is 0.481 e. The molecule has 4 nitrogen and oxygen atoms in total. The molecule has 110 valence electrons. The minimum Gasteiger partial charge on any atom is -0.481 e. The van der Waals surface area contributed by atoms with Crippen LogP contribution in [0.3, 0.4) is 0 Å². The molecule has 0 unspecified atom stereocenters. The van der Waals surface area contributed by atoms with E-state index in [-0.39, 0.29) is 18.4 Å². The van der Waals surface area contributed by atoms with Gasteiger partial charge < -0.3 is 10.0 Å². The van der Waals surface area contributed by atoms with Gasteiger partial charge in [0.15, 0.2) is 0 Å². The lowest BCUT2D eigenvalue weighted by atomic mass is 10.0. The summed E-state index contributed by atoms with van der Waals surface area (Å²) in [4.78, 5) is 25.0. The number of hydrogen-bond acceptors (Lipinski definition) is 2. The lowest BCUT2D eigenvalue weighted by molar-refractivity contribution is -0.137. The highest BCUT2D eigenvalue weighted by molar-refractivity contribution is 5.97. The quantitative estimate of drug-likeness (QED) is 0.869. The number of carboxylic acid groups (broad SMARTS) is 1. The monoisotopic (exact) mass is 277 g/mol. The summed E-state index contributed by atoms with van der Waals surface area (Å²) in [5.41, 5.74) is 2.65. The van der Waals surface area contributed by atoms with Gasteiger partial charge >= 0.3 is 5.97 Å². The zero-order chi connectivity index (χ0) is 15.3. The van der Waals surface area contributed by atoms with Crippen molar-refractivity contribution in [2.24, 2.45) is 0 Å². The first-order chi connectivity index (χ1) is 9.34. The SMILES string of the molecule is Cc1cccc(C)c1C(=O)N(CCCC(=O)O)C(C)C. The zero-order valence-corrected chi connectivity index (χ0v) is 12.6. The third kappa shape index (κ3) is 4.08. The fourth-order valence-corrected chi connectivity index (χ4v) is 2.29. The van der Waals surface area contributed by atoms with Crippen molar-refractivity contribution in [3.63, 3.8) is 0 Å². The van der Waals surface area contributed by atoms with Gasteiger partial charge in [-0.3, -0.25) is 9.59 Å². The maximum atomic E-state index is 12.7. The second-order valence-electron chi connectivity index (χ2n) is 5.36. The number of aliphatic carboxylic acids is 1. The molecule has 0 radical (unpaired) electrons. The van der Waals surface area contributed by atoms with E-state index in [0.29, 0.717) is 13.0 Å². The number of carboxylic acids is 1. The van der Waals surface area contributed by atoms with Crippen molar-refractivity contribution in [2.45, 2.75) is 46.6 Å². The van der Waals surface area contributed by atoms with Gasteiger partial charge in [-0.2, -0.15) is 0 Å². The van der Waals surface area contributed by atoms with E-state index in [4.69, 9.17) is 5.11 Å². The van der Waals surface area contributed by atoms with E-state index < -0.39 is 5.97 Å². The van der Waals surface area contributed by atoms with Crippen LogP contribution >= 0.6 is 0 Å². The van der Waals surface area contributed by atoms with Crippen LogP contribution in [0, 0.1) is 13.8 Å². The molecule has 0 bridgehead atoms. The Balaban J connectivity index is 2.91. The number of benzene rings is 1. The fraction of sp³-hybridized carbons (Fsp3) is 0.500. The van der Waals surface area contributed by atoms with Crippen molar-refractivity contribution in [1.29, 1.82) is 0 Å². The molecule has 0 saturated carbocycles. The lowest BCUT2D eigenvalue weighted by Gasteiger charge is -2.28. The van der Waals surface area contributed by atoms with E-state index in [1.54, 1.807) is 4.90 Å². The molecule has 1 rings (SSSR count). The second-order valence-corrected chi connectivity index (χ2v) is 5.36. The Morgan fingerprint density at radius 3 is 2.20 bits per heavy atom. The maximum Gasteiger partial charge on any atom is 0.303 e. The molecule has 0 heterocycles. The van der Waals surface area contributed by atoms with Crippen LogP contribution in [0.25, 0.3) is 0 Å². The van der Waals surface area contributed by atoms with Gasteiger partial charge in [0, 0.05) is 24.6 Å². The summed E-state index contributed by atoms with van der Waals surface area (Å²) in [6.45, 7) is 8.22.